The number of esters is 2. The molecule has 9 nitrogen and oxygen atoms in total. The van der Waals surface area contributed by atoms with Crippen molar-refractivity contribution in [2.75, 3.05) is 12.0 Å². The molecule has 0 N–H and O–H groups in total. The van der Waals surface area contributed by atoms with Crippen LogP contribution in [0.5, 0.6) is 5.75 Å². The molecule has 1 aromatic carbocycles. The molecule has 0 spiro atoms. The number of fused-ring (bicyclic) bond motifs is 5. The topological polar surface area (TPSA) is 108 Å². The second-order valence-electron chi connectivity index (χ2n) is 7.66. The number of benzene rings is 1. The van der Waals surface area contributed by atoms with Crippen LogP contribution in [0.25, 0.3) is 0 Å². The van der Waals surface area contributed by atoms with Crippen molar-refractivity contribution in [3.63, 3.8) is 0 Å². The summed E-state index contributed by atoms with van der Waals surface area (Å²) in [6.45, 7) is 3.98. The Balaban J connectivity index is 1.81. The molecule has 1 aromatic rings. The van der Waals surface area contributed by atoms with E-state index in [1.807, 2.05) is 0 Å². The van der Waals surface area contributed by atoms with Crippen molar-refractivity contribution in [1.29, 1.82) is 0 Å². The number of anilines is 1. The van der Waals surface area contributed by atoms with Crippen LogP contribution in [-0.2, 0) is 33.4 Å². The first-order valence-corrected chi connectivity index (χ1v) is 9.40. The van der Waals surface area contributed by atoms with Gasteiger partial charge in [-0.25, -0.2) is 4.90 Å². The number of amides is 2. The number of nitrogens with zero attached hydrogens (tertiary/aromatic N) is 1. The number of carbonyl (C=O) groups is 4. The number of imide groups is 1. The highest BCUT2D eigenvalue weighted by atomic mass is 16.7. The average molecular weight is 415 g/mol. The van der Waals surface area contributed by atoms with E-state index >= 15 is 0 Å². The Hall–Kier alpha value is -3.20. The Morgan fingerprint density at radius 1 is 1.03 bits per heavy atom. The van der Waals surface area contributed by atoms with Crippen molar-refractivity contribution in [3.8, 4) is 5.75 Å². The van der Waals surface area contributed by atoms with Crippen molar-refractivity contribution in [3.05, 3.63) is 36.4 Å². The Kier molecular flexibility index (Phi) is 4.46. The number of rotatable bonds is 5. The summed E-state index contributed by atoms with van der Waals surface area (Å²) in [7, 11) is 1.44. The lowest BCUT2D eigenvalue weighted by molar-refractivity contribution is -0.231. The van der Waals surface area contributed by atoms with E-state index in [2.05, 4.69) is 0 Å². The van der Waals surface area contributed by atoms with Gasteiger partial charge in [0.15, 0.2) is 5.60 Å². The van der Waals surface area contributed by atoms with Gasteiger partial charge < -0.3 is 18.9 Å². The highest BCUT2D eigenvalue weighted by Crippen LogP contribution is 2.59. The molecule has 4 atom stereocenters. The van der Waals surface area contributed by atoms with Crippen LogP contribution in [0.1, 0.15) is 20.8 Å². The van der Waals surface area contributed by atoms with Crippen molar-refractivity contribution >= 4 is 29.4 Å². The predicted octanol–water partition coefficient (Wildman–Crippen LogP) is 1.35. The van der Waals surface area contributed by atoms with Gasteiger partial charge in [0.25, 0.3) is 6.29 Å². The molecular formula is C21H21NO8. The van der Waals surface area contributed by atoms with E-state index < -0.39 is 53.1 Å². The van der Waals surface area contributed by atoms with E-state index in [4.69, 9.17) is 18.9 Å². The summed E-state index contributed by atoms with van der Waals surface area (Å²) in [6, 6.07) is 6.67. The summed E-state index contributed by atoms with van der Waals surface area (Å²) >= 11 is 0. The van der Waals surface area contributed by atoms with E-state index in [0.29, 0.717) is 11.4 Å². The van der Waals surface area contributed by atoms with Crippen molar-refractivity contribution in [1.82, 2.24) is 0 Å². The minimum atomic E-state index is -1.61. The third kappa shape index (κ3) is 2.65. The largest absolute Gasteiger partial charge is 0.495 e. The first kappa shape index (κ1) is 20.1. The lowest BCUT2D eigenvalue weighted by Gasteiger charge is -2.34. The standard InChI is InChI=1S/C21H21NO8/c1-11(23)28-19(29-12(2)24)21-10-9-20(3,30-21)15-16(21)18(26)22(17(15)25)13-7-5-6-8-14(13)27-4/h5-10,15-16,19H,1-4H3/t15-,16+,20-,21-/m1/s1. The highest BCUT2D eigenvalue weighted by molar-refractivity contribution is 6.24. The minimum absolute atomic E-state index is 0.305. The molecule has 3 aliphatic heterocycles. The number of methoxy groups -OCH3 is 1. The zero-order valence-electron chi connectivity index (χ0n) is 16.9. The van der Waals surface area contributed by atoms with E-state index in [1.165, 1.54) is 7.11 Å². The lowest BCUT2D eigenvalue weighted by Crippen LogP contribution is -2.52. The van der Waals surface area contributed by atoms with Gasteiger partial charge in [0.05, 0.1) is 30.2 Å². The molecule has 0 aliphatic carbocycles. The minimum Gasteiger partial charge on any atom is -0.495 e. The van der Waals surface area contributed by atoms with Gasteiger partial charge >= 0.3 is 11.9 Å². The van der Waals surface area contributed by atoms with E-state index in [-0.39, 0.29) is 0 Å². The zero-order chi connectivity index (χ0) is 21.8. The summed E-state index contributed by atoms with van der Waals surface area (Å²) in [5.41, 5.74) is -2.44. The Morgan fingerprint density at radius 3 is 2.23 bits per heavy atom. The van der Waals surface area contributed by atoms with Crippen molar-refractivity contribution < 1.29 is 38.1 Å². The average Bonchev–Trinajstić information content (AvgIpc) is 3.26. The molecule has 158 valence electrons. The Morgan fingerprint density at radius 2 is 1.63 bits per heavy atom. The van der Waals surface area contributed by atoms with Crippen LogP contribution in [0.2, 0.25) is 0 Å². The van der Waals surface area contributed by atoms with E-state index in [9.17, 15) is 19.2 Å². The molecule has 0 radical (unpaired) electrons. The molecule has 30 heavy (non-hydrogen) atoms. The molecule has 2 bridgehead atoms. The zero-order valence-corrected chi connectivity index (χ0v) is 16.9. The van der Waals surface area contributed by atoms with Gasteiger partial charge in [0.1, 0.15) is 5.75 Å². The molecule has 0 unspecified atom stereocenters. The summed E-state index contributed by atoms with van der Waals surface area (Å²) in [5.74, 6) is -4.02. The number of carbonyl (C=O) groups excluding carboxylic acids is 4. The monoisotopic (exact) mass is 415 g/mol. The molecule has 2 fully saturated rings. The number of hydrogen-bond acceptors (Lipinski definition) is 8. The molecule has 2 saturated heterocycles. The summed E-state index contributed by atoms with van der Waals surface area (Å²) < 4.78 is 21.9. The maximum Gasteiger partial charge on any atom is 0.305 e. The van der Waals surface area contributed by atoms with Crippen LogP contribution in [0.3, 0.4) is 0 Å². The second kappa shape index (κ2) is 6.66. The smallest absolute Gasteiger partial charge is 0.305 e. The third-order valence-electron chi connectivity index (χ3n) is 5.72. The first-order valence-electron chi connectivity index (χ1n) is 9.40. The first-order chi connectivity index (χ1) is 14.1. The Bertz CT molecular complexity index is 971. The van der Waals surface area contributed by atoms with Crippen LogP contribution in [0, 0.1) is 11.8 Å². The normalized spacial score (nSPS) is 31.3. The van der Waals surface area contributed by atoms with Crippen LogP contribution in [0.15, 0.2) is 36.4 Å². The molecule has 0 aromatic heterocycles. The second-order valence-corrected chi connectivity index (χ2v) is 7.66. The maximum absolute atomic E-state index is 13.5. The van der Waals surface area contributed by atoms with Crippen molar-refractivity contribution in [2.24, 2.45) is 11.8 Å². The van der Waals surface area contributed by atoms with Gasteiger partial charge in [0.2, 0.25) is 11.8 Å². The third-order valence-corrected chi connectivity index (χ3v) is 5.72. The molecule has 3 aliphatic rings. The number of ether oxygens (including phenoxy) is 4. The molecule has 2 amide bonds. The maximum atomic E-state index is 13.5. The van der Waals surface area contributed by atoms with Gasteiger partial charge in [-0.2, -0.15) is 0 Å². The fourth-order valence-electron chi connectivity index (χ4n) is 4.62. The van der Waals surface area contributed by atoms with Gasteiger partial charge in [0, 0.05) is 13.8 Å². The molecule has 0 saturated carbocycles. The molecule has 3 heterocycles. The van der Waals surface area contributed by atoms with Crippen LogP contribution in [-0.4, -0.2) is 48.4 Å². The van der Waals surface area contributed by atoms with Gasteiger partial charge in [-0.15, -0.1) is 0 Å². The van der Waals surface area contributed by atoms with Crippen LogP contribution >= 0.6 is 0 Å². The summed E-state index contributed by atoms with van der Waals surface area (Å²) in [5, 5.41) is 0. The summed E-state index contributed by atoms with van der Waals surface area (Å²) in [6.07, 6.45) is 1.67. The molecule has 9 heteroatoms. The fraction of sp³-hybridized carbons (Fsp3) is 0.429. The van der Waals surface area contributed by atoms with Gasteiger partial charge in [-0.3, -0.25) is 19.2 Å². The number of para-hydroxylation sites is 2. The van der Waals surface area contributed by atoms with Crippen LogP contribution in [0.4, 0.5) is 5.69 Å². The van der Waals surface area contributed by atoms with Crippen molar-refractivity contribution in [2.45, 2.75) is 38.3 Å². The lowest BCUT2D eigenvalue weighted by atomic mass is 9.72. The number of hydrogen-bond donors (Lipinski definition) is 0. The Labute approximate surface area is 172 Å². The van der Waals surface area contributed by atoms with E-state index in [0.717, 1.165) is 18.7 Å². The highest BCUT2D eigenvalue weighted by Gasteiger charge is 2.76. The quantitative estimate of drug-likeness (QED) is 0.307. The molecular weight excluding hydrogens is 394 g/mol. The van der Waals surface area contributed by atoms with Gasteiger partial charge in [-0.05, 0) is 25.1 Å². The predicted molar refractivity (Wildman–Crippen MR) is 101 cm³/mol. The SMILES string of the molecule is COc1ccccc1N1C(=O)[C@@H]2[C@H](C1=O)[C@@]1(C)C=C[C@@]2(C(OC(C)=O)OC(C)=O)O1. The van der Waals surface area contributed by atoms with E-state index in [1.54, 1.807) is 43.3 Å². The van der Waals surface area contributed by atoms with Gasteiger partial charge in [-0.1, -0.05) is 18.2 Å². The molecule has 4 rings (SSSR count). The summed E-state index contributed by atoms with van der Waals surface area (Å²) in [4.78, 5) is 51.3. The van der Waals surface area contributed by atoms with Crippen LogP contribution < -0.4 is 9.64 Å². The fourth-order valence-corrected chi connectivity index (χ4v) is 4.62.